The number of hydrogen-bond acceptors (Lipinski definition) is 6. The molecule has 1 N–H and O–H groups in total. The van der Waals surface area contributed by atoms with Gasteiger partial charge in [-0.25, -0.2) is 9.97 Å². The van der Waals surface area contributed by atoms with Crippen LogP contribution >= 0.6 is 22.7 Å². The first-order valence-electron chi connectivity index (χ1n) is 8.66. The molecule has 0 saturated heterocycles. The summed E-state index contributed by atoms with van der Waals surface area (Å²) in [6.45, 7) is 0.697. The highest BCUT2D eigenvalue weighted by molar-refractivity contribution is 7.13. The van der Waals surface area contributed by atoms with E-state index in [9.17, 15) is 4.79 Å². The lowest BCUT2D eigenvalue weighted by Gasteiger charge is -2.10. The molecule has 2 aromatic heterocycles. The molecule has 0 aliphatic carbocycles. The molecule has 0 saturated carbocycles. The van der Waals surface area contributed by atoms with Crippen molar-refractivity contribution in [1.29, 1.82) is 0 Å². The number of nitrogens with zero attached hydrogens (tertiary/aromatic N) is 2. The van der Waals surface area contributed by atoms with Crippen LogP contribution in [-0.2, 0) is 13.2 Å². The molecule has 140 valence electrons. The number of amides is 1. The molecule has 2 heterocycles. The summed E-state index contributed by atoms with van der Waals surface area (Å²) in [5.74, 6) is 0.347. The third kappa shape index (κ3) is 4.44. The second-order valence-electron chi connectivity index (χ2n) is 5.96. The number of thiazole rings is 2. The molecule has 0 spiro atoms. The molecule has 0 unspecified atom stereocenters. The summed E-state index contributed by atoms with van der Waals surface area (Å²) in [5, 5.41) is 7.76. The lowest BCUT2D eigenvalue weighted by atomic mass is 10.2. The predicted molar refractivity (Wildman–Crippen MR) is 112 cm³/mol. The molecule has 0 bridgehead atoms. The van der Waals surface area contributed by atoms with Gasteiger partial charge in [0, 0.05) is 16.3 Å². The van der Waals surface area contributed by atoms with Gasteiger partial charge in [0.15, 0.2) is 0 Å². The van der Waals surface area contributed by atoms with Crippen LogP contribution in [0.3, 0.4) is 0 Å². The SMILES string of the molecule is O=C(NCc1csc(-c2ccccc2)n1)c1ccccc1OCc1cscn1. The van der Waals surface area contributed by atoms with Crippen molar-refractivity contribution in [3.63, 3.8) is 0 Å². The average molecular weight is 408 g/mol. The van der Waals surface area contributed by atoms with Gasteiger partial charge >= 0.3 is 0 Å². The van der Waals surface area contributed by atoms with Gasteiger partial charge in [0.2, 0.25) is 0 Å². The van der Waals surface area contributed by atoms with Crippen molar-refractivity contribution in [2.24, 2.45) is 0 Å². The number of ether oxygens (including phenoxy) is 1. The third-order valence-electron chi connectivity index (χ3n) is 3.99. The van der Waals surface area contributed by atoms with E-state index < -0.39 is 0 Å². The summed E-state index contributed by atoms with van der Waals surface area (Å²) < 4.78 is 5.79. The highest BCUT2D eigenvalue weighted by atomic mass is 32.1. The Morgan fingerprint density at radius 2 is 1.82 bits per heavy atom. The van der Waals surface area contributed by atoms with Crippen molar-refractivity contribution >= 4 is 28.6 Å². The van der Waals surface area contributed by atoms with Gasteiger partial charge in [0.1, 0.15) is 17.4 Å². The lowest BCUT2D eigenvalue weighted by molar-refractivity contribution is 0.0946. The minimum atomic E-state index is -0.192. The Hall–Kier alpha value is -3.03. The van der Waals surface area contributed by atoms with Crippen LogP contribution in [0.1, 0.15) is 21.7 Å². The molecule has 1 amide bonds. The number of carbonyl (C=O) groups is 1. The summed E-state index contributed by atoms with van der Waals surface area (Å²) >= 11 is 3.08. The van der Waals surface area contributed by atoms with E-state index in [0.29, 0.717) is 24.5 Å². The van der Waals surface area contributed by atoms with Crippen LogP contribution in [0.2, 0.25) is 0 Å². The van der Waals surface area contributed by atoms with Gasteiger partial charge in [-0.15, -0.1) is 22.7 Å². The maximum Gasteiger partial charge on any atom is 0.255 e. The molecule has 0 aliphatic heterocycles. The van der Waals surface area contributed by atoms with E-state index in [0.717, 1.165) is 22.0 Å². The highest BCUT2D eigenvalue weighted by Gasteiger charge is 2.13. The summed E-state index contributed by atoms with van der Waals surface area (Å²) in [7, 11) is 0. The summed E-state index contributed by atoms with van der Waals surface area (Å²) in [5.41, 5.74) is 5.01. The Morgan fingerprint density at radius 1 is 1.00 bits per heavy atom. The summed E-state index contributed by atoms with van der Waals surface area (Å²) in [4.78, 5) is 21.4. The van der Waals surface area contributed by atoms with Crippen molar-refractivity contribution in [2.45, 2.75) is 13.2 Å². The minimum Gasteiger partial charge on any atom is -0.486 e. The first kappa shape index (κ1) is 18.3. The maximum atomic E-state index is 12.6. The van der Waals surface area contributed by atoms with E-state index in [1.54, 1.807) is 29.0 Å². The molecule has 0 aliphatic rings. The molecule has 28 heavy (non-hydrogen) atoms. The molecule has 5 nitrogen and oxygen atoms in total. The Bertz CT molecular complexity index is 1050. The second-order valence-corrected chi connectivity index (χ2v) is 7.53. The highest BCUT2D eigenvalue weighted by Crippen LogP contribution is 2.23. The van der Waals surface area contributed by atoms with Crippen molar-refractivity contribution in [2.75, 3.05) is 0 Å². The van der Waals surface area contributed by atoms with Gasteiger partial charge in [0.05, 0.1) is 29.0 Å². The normalized spacial score (nSPS) is 10.6. The van der Waals surface area contributed by atoms with Crippen LogP contribution in [0.15, 0.2) is 70.9 Å². The predicted octanol–water partition coefficient (Wildman–Crippen LogP) is 4.78. The van der Waals surface area contributed by atoms with Gasteiger partial charge in [-0.05, 0) is 12.1 Å². The molecular formula is C21H17N3O2S2. The van der Waals surface area contributed by atoms with Crippen molar-refractivity contribution in [1.82, 2.24) is 15.3 Å². The van der Waals surface area contributed by atoms with E-state index in [4.69, 9.17) is 4.74 Å². The lowest BCUT2D eigenvalue weighted by Crippen LogP contribution is -2.23. The topological polar surface area (TPSA) is 64.1 Å². The zero-order valence-electron chi connectivity index (χ0n) is 14.9. The molecule has 0 atom stereocenters. The van der Waals surface area contributed by atoms with Gasteiger partial charge in [0.25, 0.3) is 5.91 Å². The number of nitrogens with one attached hydrogen (secondary N) is 1. The van der Waals surface area contributed by atoms with Gasteiger partial charge in [-0.2, -0.15) is 0 Å². The zero-order chi connectivity index (χ0) is 19.2. The number of carbonyl (C=O) groups excluding carboxylic acids is 1. The zero-order valence-corrected chi connectivity index (χ0v) is 16.5. The molecule has 4 aromatic rings. The standard InChI is InChI=1S/C21H17N3O2S2/c25-20(18-8-4-5-9-19(18)26-11-17-12-27-14-23-17)22-10-16-13-28-21(24-16)15-6-2-1-3-7-15/h1-9,12-14H,10-11H2,(H,22,25). The van der Waals surface area contributed by atoms with Crippen LogP contribution < -0.4 is 10.1 Å². The fourth-order valence-corrected chi connectivity index (χ4v) is 3.98. The fraction of sp³-hybridized carbons (Fsp3) is 0.0952. The third-order valence-corrected chi connectivity index (χ3v) is 5.57. The number of para-hydroxylation sites is 1. The Kier molecular flexibility index (Phi) is 5.75. The average Bonchev–Trinajstić information content (AvgIpc) is 3.43. The number of aromatic nitrogens is 2. The smallest absolute Gasteiger partial charge is 0.255 e. The Balaban J connectivity index is 1.40. The summed E-state index contributed by atoms with van der Waals surface area (Å²) in [6, 6.07) is 17.2. The molecule has 0 fully saturated rings. The van der Waals surface area contributed by atoms with Crippen molar-refractivity contribution in [3.05, 3.63) is 87.8 Å². The Morgan fingerprint density at radius 3 is 2.64 bits per heavy atom. The van der Waals surface area contributed by atoms with E-state index >= 15 is 0 Å². The van der Waals surface area contributed by atoms with E-state index in [1.807, 2.05) is 53.2 Å². The molecular weight excluding hydrogens is 390 g/mol. The quantitative estimate of drug-likeness (QED) is 0.479. The van der Waals surface area contributed by atoms with Gasteiger partial charge in [-0.3, -0.25) is 4.79 Å². The number of hydrogen-bond donors (Lipinski definition) is 1. The van der Waals surface area contributed by atoms with Crippen LogP contribution in [0.5, 0.6) is 5.75 Å². The van der Waals surface area contributed by atoms with Crippen LogP contribution in [0.25, 0.3) is 10.6 Å². The van der Waals surface area contributed by atoms with Gasteiger partial charge in [-0.1, -0.05) is 42.5 Å². The van der Waals surface area contributed by atoms with E-state index in [1.165, 1.54) is 11.3 Å². The van der Waals surface area contributed by atoms with Gasteiger partial charge < -0.3 is 10.1 Å². The first-order valence-corrected chi connectivity index (χ1v) is 10.5. The number of rotatable bonds is 7. The second kappa shape index (κ2) is 8.77. The van der Waals surface area contributed by atoms with E-state index in [-0.39, 0.29) is 5.91 Å². The van der Waals surface area contributed by atoms with Crippen LogP contribution in [0.4, 0.5) is 0 Å². The molecule has 7 heteroatoms. The fourth-order valence-electron chi connectivity index (χ4n) is 2.61. The minimum absolute atomic E-state index is 0.192. The largest absolute Gasteiger partial charge is 0.486 e. The molecule has 2 aromatic carbocycles. The van der Waals surface area contributed by atoms with Crippen LogP contribution in [-0.4, -0.2) is 15.9 Å². The molecule has 4 rings (SSSR count). The van der Waals surface area contributed by atoms with Crippen molar-refractivity contribution < 1.29 is 9.53 Å². The van der Waals surface area contributed by atoms with Crippen molar-refractivity contribution in [3.8, 4) is 16.3 Å². The number of benzene rings is 2. The first-order chi connectivity index (χ1) is 13.8. The van der Waals surface area contributed by atoms with Crippen LogP contribution in [0, 0.1) is 0 Å². The summed E-state index contributed by atoms with van der Waals surface area (Å²) in [6.07, 6.45) is 0. The van der Waals surface area contributed by atoms with E-state index in [2.05, 4.69) is 15.3 Å². The Labute approximate surface area is 170 Å². The monoisotopic (exact) mass is 407 g/mol. The molecule has 0 radical (unpaired) electrons. The maximum absolute atomic E-state index is 12.6.